The maximum absolute atomic E-state index is 13.2. The molecule has 0 bridgehead atoms. The number of ether oxygens (including phenoxy) is 3. The molecule has 1 fully saturated rings. The van der Waals surface area contributed by atoms with Crippen molar-refractivity contribution in [2.24, 2.45) is 5.73 Å². The van der Waals surface area contributed by atoms with Crippen LogP contribution in [0.5, 0.6) is 11.5 Å². The van der Waals surface area contributed by atoms with E-state index >= 15 is 0 Å². The van der Waals surface area contributed by atoms with Gasteiger partial charge in [0, 0.05) is 38.5 Å². The Morgan fingerprint density at radius 3 is 2.18 bits per heavy atom. The highest BCUT2D eigenvalue weighted by atomic mass is 35.5. The molecular weight excluding hydrogens is 584 g/mol. The fourth-order valence-corrected chi connectivity index (χ4v) is 4.95. The maximum Gasteiger partial charge on any atom is 0.225 e. The number of carbonyl (C=O) groups excluding carboxylic acids is 2. The quantitative estimate of drug-likeness (QED) is 0.180. The van der Waals surface area contributed by atoms with E-state index in [1.165, 1.54) is 0 Å². The van der Waals surface area contributed by atoms with Gasteiger partial charge in [-0.25, -0.2) is 0 Å². The fourth-order valence-electron chi connectivity index (χ4n) is 4.73. The summed E-state index contributed by atoms with van der Waals surface area (Å²) in [5.74, 6) is 0.274. The molecular formula is C33H35ClN4O6. The number of hydrogen-bond acceptors (Lipinski definition) is 9. The number of nitrogens with zero attached hydrogens (tertiary/aromatic N) is 2. The highest BCUT2D eigenvalue weighted by Gasteiger charge is 2.28. The number of Topliss-reactive ketones (excluding diaryl/α,β-unsaturated/α-hetero) is 1. The molecule has 1 aliphatic rings. The number of hydrogen-bond donors (Lipinski definition) is 2. The molecule has 0 spiro atoms. The molecule has 44 heavy (non-hydrogen) atoms. The van der Waals surface area contributed by atoms with E-state index in [1.807, 2.05) is 60.7 Å². The van der Waals surface area contributed by atoms with E-state index in [0.717, 1.165) is 24.2 Å². The summed E-state index contributed by atoms with van der Waals surface area (Å²) < 4.78 is 23.4. The van der Waals surface area contributed by atoms with E-state index < -0.39 is 0 Å². The summed E-state index contributed by atoms with van der Waals surface area (Å²) >= 11 is 6.72. The molecule has 0 atom stereocenters. The van der Waals surface area contributed by atoms with Crippen molar-refractivity contribution in [3.05, 3.63) is 94.6 Å². The van der Waals surface area contributed by atoms with Gasteiger partial charge in [0.05, 0.1) is 23.8 Å². The van der Waals surface area contributed by atoms with Crippen molar-refractivity contribution in [3.63, 3.8) is 0 Å². The topological polar surface area (TPSA) is 129 Å². The lowest BCUT2D eigenvalue weighted by Gasteiger charge is -2.26. The largest absolute Gasteiger partial charge is 0.488 e. The van der Waals surface area contributed by atoms with Gasteiger partial charge in [-0.1, -0.05) is 77.4 Å². The second-order valence-electron chi connectivity index (χ2n) is 10.3. The number of morpholine rings is 1. The van der Waals surface area contributed by atoms with Gasteiger partial charge in [-0.15, -0.1) is 0 Å². The van der Waals surface area contributed by atoms with Gasteiger partial charge in [-0.3, -0.25) is 14.5 Å². The second-order valence-corrected chi connectivity index (χ2v) is 10.7. The van der Waals surface area contributed by atoms with Crippen LogP contribution in [0.25, 0.3) is 11.3 Å². The number of halogens is 1. The van der Waals surface area contributed by atoms with Crippen LogP contribution in [0, 0.1) is 0 Å². The Morgan fingerprint density at radius 1 is 0.909 bits per heavy atom. The number of rotatable bonds is 14. The minimum Gasteiger partial charge on any atom is -0.488 e. The Kier molecular flexibility index (Phi) is 11.0. The summed E-state index contributed by atoms with van der Waals surface area (Å²) in [5.41, 5.74) is 8.11. The first-order valence-corrected chi connectivity index (χ1v) is 14.9. The first kappa shape index (κ1) is 31.2. The average molecular weight is 619 g/mol. The van der Waals surface area contributed by atoms with Crippen molar-refractivity contribution < 1.29 is 28.3 Å². The molecule has 1 aromatic heterocycles. The summed E-state index contributed by atoms with van der Waals surface area (Å²) in [7, 11) is 0. The number of anilines is 1. The Bertz CT molecular complexity index is 1540. The third-order valence-corrected chi connectivity index (χ3v) is 7.40. The molecule has 1 amide bonds. The summed E-state index contributed by atoms with van der Waals surface area (Å²) in [6, 6.07) is 22.7. The molecule has 3 aromatic carbocycles. The highest BCUT2D eigenvalue weighted by Crippen LogP contribution is 2.43. The van der Waals surface area contributed by atoms with Crippen molar-refractivity contribution in [3.8, 4) is 22.8 Å². The lowest BCUT2D eigenvalue weighted by molar-refractivity contribution is -0.116. The van der Waals surface area contributed by atoms with Crippen LogP contribution in [0.4, 0.5) is 5.69 Å². The maximum atomic E-state index is 13.2. The van der Waals surface area contributed by atoms with E-state index in [1.54, 1.807) is 12.1 Å². The van der Waals surface area contributed by atoms with Gasteiger partial charge in [0.15, 0.2) is 17.2 Å². The molecule has 1 aliphatic heterocycles. The Balaban J connectivity index is 1.47. The zero-order valence-corrected chi connectivity index (χ0v) is 25.1. The SMILES string of the molecule is NCCC(=O)c1noc(-c2cc(Cl)c(OCc3ccccc3)cc2OCc2ccccc2)c1NC(=O)CCN1CCOCC1. The first-order valence-electron chi connectivity index (χ1n) is 14.5. The Morgan fingerprint density at radius 2 is 1.55 bits per heavy atom. The summed E-state index contributed by atoms with van der Waals surface area (Å²) in [4.78, 5) is 28.3. The van der Waals surface area contributed by atoms with E-state index in [0.29, 0.717) is 48.5 Å². The van der Waals surface area contributed by atoms with E-state index in [-0.39, 0.29) is 54.8 Å². The van der Waals surface area contributed by atoms with E-state index in [2.05, 4.69) is 15.4 Å². The molecule has 0 aliphatic carbocycles. The van der Waals surface area contributed by atoms with Crippen LogP contribution in [-0.4, -0.2) is 61.1 Å². The Labute approximate surface area is 261 Å². The molecule has 3 N–H and O–H groups in total. The molecule has 0 unspecified atom stereocenters. The van der Waals surface area contributed by atoms with Crippen molar-refractivity contribution >= 4 is 29.0 Å². The number of amides is 1. The van der Waals surface area contributed by atoms with Crippen LogP contribution in [0.1, 0.15) is 34.5 Å². The zero-order valence-electron chi connectivity index (χ0n) is 24.3. The van der Waals surface area contributed by atoms with Crippen LogP contribution >= 0.6 is 11.6 Å². The molecule has 10 nitrogen and oxygen atoms in total. The van der Waals surface area contributed by atoms with Gasteiger partial charge in [-0.05, 0) is 23.7 Å². The molecule has 230 valence electrons. The van der Waals surface area contributed by atoms with E-state index in [9.17, 15) is 9.59 Å². The summed E-state index contributed by atoms with van der Waals surface area (Å²) in [5, 5.41) is 7.21. The molecule has 4 aromatic rings. The molecule has 5 rings (SSSR count). The van der Waals surface area contributed by atoms with Crippen LogP contribution in [-0.2, 0) is 22.7 Å². The van der Waals surface area contributed by atoms with E-state index in [4.69, 9.17) is 36.1 Å². The number of ketones is 1. The van der Waals surface area contributed by atoms with Gasteiger partial charge in [-0.2, -0.15) is 0 Å². The third-order valence-electron chi connectivity index (χ3n) is 7.10. The number of carbonyl (C=O) groups is 2. The van der Waals surface area contributed by atoms with Crippen molar-refractivity contribution in [1.29, 1.82) is 0 Å². The average Bonchev–Trinajstić information content (AvgIpc) is 3.47. The first-order chi connectivity index (χ1) is 21.5. The third kappa shape index (κ3) is 8.23. The van der Waals surface area contributed by atoms with Gasteiger partial charge >= 0.3 is 0 Å². The minimum absolute atomic E-state index is 0.0142. The number of nitrogens with two attached hydrogens (primary N) is 1. The fraction of sp³-hybridized carbons (Fsp3) is 0.303. The monoisotopic (exact) mass is 618 g/mol. The second kappa shape index (κ2) is 15.5. The lowest BCUT2D eigenvalue weighted by atomic mass is 10.1. The van der Waals surface area contributed by atoms with Crippen LogP contribution in [0.15, 0.2) is 77.3 Å². The predicted octanol–water partition coefficient (Wildman–Crippen LogP) is 5.35. The molecule has 11 heteroatoms. The summed E-state index contributed by atoms with van der Waals surface area (Å²) in [6.45, 7) is 3.98. The predicted molar refractivity (Wildman–Crippen MR) is 167 cm³/mol. The molecule has 0 radical (unpaired) electrons. The standard InChI is InChI=1S/C33H35ClN4O6/c34-26-19-25(28(42-21-23-7-3-1-4-8-23)20-29(26)43-22-24-9-5-2-6-10-24)33-32(31(37-44-33)27(39)11-13-35)36-30(40)12-14-38-15-17-41-18-16-38/h1-10,19-20H,11-18,21-22,35H2,(H,36,40). The number of aromatic nitrogens is 1. The summed E-state index contributed by atoms with van der Waals surface area (Å²) in [6.07, 6.45) is 0.243. The van der Waals surface area contributed by atoms with Gasteiger partial charge in [0.1, 0.15) is 30.4 Å². The number of benzene rings is 3. The highest BCUT2D eigenvalue weighted by molar-refractivity contribution is 6.32. The minimum atomic E-state index is -0.355. The van der Waals surface area contributed by atoms with Crippen LogP contribution < -0.4 is 20.5 Å². The van der Waals surface area contributed by atoms with Crippen molar-refractivity contribution in [2.75, 3.05) is 44.7 Å². The van der Waals surface area contributed by atoms with Crippen LogP contribution in [0.2, 0.25) is 5.02 Å². The lowest BCUT2D eigenvalue weighted by Crippen LogP contribution is -2.38. The molecule has 0 saturated carbocycles. The normalized spacial score (nSPS) is 13.4. The van der Waals surface area contributed by atoms with Crippen LogP contribution in [0.3, 0.4) is 0 Å². The van der Waals surface area contributed by atoms with Gasteiger partial charge in [0.25, 0.3) is 0 Å². The van der Waals surface area contributed by atoms with Gasteiger partial charge in [0.2, 0.25) is 5.91 Å². The number of nitrogens with one attached hydrogen (secondary N) is 1. The molecule has 1 saturated heterocycles. The van der Waals surface area contributed by atoms with Crippen molar-refractivity contribution in [2.45, 2.75) is 26.1 Å². The smallest absolute Gasteiger partial charge is 0.225 e. The zero-order chi connectivity index (χ0) is 30.7. The van der Waals surface area contributed by atoms with Crippen molar-refractivity contribution in [1.82, 2.24) is 10.1 Å². The van der Waals surface area contributed by atoms with Gasteiger partial charge < -0.3 is 29.8 Å². The molecule has 2 heterocycles. The Hall–Kier alpha value is -4.22.